The molecule has 0 aromatic carbocycles. The van der Waals surface area contributed by atoms with Gasteiger partial charge in [-0.1, -0.05) is 0 Å². The third-order valence-electron chi connectivity index (χ3n) is 2.78. The molecule has 6 heteroatoms. The van der Waals surface area contributed by atoms with Crippen molar-refractivity contribution in [2.45, 2.75) is 26.7 Å². The quantitative estimate of drug-likeness (QED) is 0.522. The van der Waals surface area contributed by atoms with Crippen LogP contribution in [0.2, 0.25) is 0 Å². The second kappa shape index (κ2) is 5.52. The molecule has 1 aromatic rings. The Morgan fingerprint density at radius 2 is 2.06 bits per heavy atom. The summed E-state index contributed by atoms with van der Waals surface area (Å²) in [5.41, 5.74) is 1.16. The number of nitrogens with zero attached hydrogens (tertiary/aromatic N) is 2. The van der Waals surface area contributed by atoms with Gasteiger partial charge < -0.3 is 14.6 Å². The van der Waals surface area contributed by atoms with Gasteiger partial charge in [-0.25, -0.2) is 0 Å². The van der Waals surface area contributed by atoms with Gasteiger partial charge in [0.15, 0.2) is 0 Å². The Hall–Kier alpha value is -1.05. The Bertz CT molecular complexity index is 433. The van der Waals surface area contributed by atoms with E-state index in [-0.39, 0.29) is 30.3 Å². The summed E-state index contributed by atoms with van der Waals surface area (Å²) in [5, 5.41) is 18.6. The predicted molar refractivity (Wildman–Crippen MR) is 54.1 cm³/mol. The van der Waals surface area contributed by atoms with E-state index in [1.807, 2.05) is 0 Å². The molecule has 2 rings (SSSR count). The summed E-state index contributed by atoms with van der Waals surface area (Å²) in [6.07, 6.45) is 2.28. The zero-order valence-corrected chi connectivity index (χ0v) is 10.3. The van der Waals surface area contributed by atoms with Gasteiger partial charge in [0.25, 0.3) is 0 Å². The van der Waals surface area contributed by atoms with Crippen LogP contribution in [0.3, 0.4) is 0 Å². The fourth-order valence-electron chi connectivity index (χ4n) is 1.41. The molecular formula is C11H13LiN2O3. The second-order valence-corrected chi connectivity index (χ2v) is 4.13. The Morgan fingerprint density at radius 1 is 1.41 bits per heavy atom. The first-order valence-corrected chi connectivity index (χ1v) is 5.27. The molecule has 0 saturated heterocycles. The van der Waals surface area contributed by atoms with Crippen molar-refractivity contribution in [3.63, 3.8) is 0 Å². The first kappa shape index (κ1) is 14.0. The summed E-state index contributed by atoms with van der Waals surface area (Å²) in [6.45, 7) is 3.90. The second-order valence-electron chi connectivity index (χ2n) is 4.13. The van der Waals surface area contributed by atoms with Crippen molar-refractivity contribution in [2.24, 2.45) is 5.92 Å². The van der Waals surface area contributed by atoms with Crippen molar-refractivity contribution in [3.05, 3.63) is 16.8 Å². The van der Waals surface area contributed by atoms with Gasteiger partial charge in [-0.15, -0.1) is 5.10 Å². The molecule has 1 aliphatic carbocycles. The van der Waals surface area contributed by atoms with Crippen LogP contribution in [-0.4, -0.2) is 22.8 Å². The molecule has 1 aliphatic rings. The van der Waals surface area contributed by atoms with E-state index in [1.54, 1.807) is 13.8 Å². The van der Waals surface area contributed by atoms with Crippen molar-refractivity contribution >= 4 is 5.97 Å². The topological polar surface area (TPSA) is 75.1 Å². The minimum absolute atomic E-state index is 0. The molecule has 86 valence electrons. The van der Waals surface area contributed by atoms with Gasteiger partial charge in [-0.2, -0.15) is 5.10 Å². The average molecular weight is 228 g/mol. The number of ether oxygens (including phenoxy) is 1. The van der Waals surface area contributed by atoms with Crippen LogP contribution in [0.4, 0.5) is 0 Å². The monoisotopic (exact) mass is 228 g/mol. The minimum atomic E-state index is -1.26. The summed E-state index contributed by atoms with van der Waals surface area (Å²) >= 11 is 0. The normalized spacial score (nSPS) is 14.0. The minimum Gasteiger partial charge on any atom is -0.545 e. The maximum absolute atomic E-state index is 11.0. The van der Waals surface area contributed by atoms with E-state index in [0.29, 0.717) is 23.8 Å². The molecular weight excluding hydrogens is 215 g/mol. The van der Waals surface area contributed by atoms with Crippen LogP contribution in [0.5, 0.6) is 5.88 Å². The number of aryl methyl sites for hydroxylation is 1. The Labute approximate surface area is 112 Å². The maximum atomic E-state index is 11.0. The van der Waals surface area contributed by atoms with Crippen LogP contribution in [-0.2, 0) is 0 Å². The van der Waals surface area contributed by atoms with E-state index in [0.717, 1.165) is 12.8 Å². The Balaban J connectivity index is 0.00000144. The van der Waals surface area contributed by atoms with E-state index in [1.165, 1.54) is 0 Å². The number of hydrogen-bond acceptors (Lipinski definition) is 5. The van der Waals surface area contributed by atoms with Crippen LogP contribution < -0.4 is 28.7 Å². The first-order chi connectivity index (χ1) is 7.59. The number of aromatic carboxylic acids is 1. The van der Waals surface area contributed by atoms with E-state index in [9.17, 15) is 9.90 Å². The zero-order chi connectivity index (χ0) is 11.7. The van der Waals surface area contributed by atoms with Crippen molar-refractivity contribution in [1.82, 2.24) is 10.2 Å². The summed E-state index contributed by atoms with van der Waals surface area (Å²) < 4.78 is 5.36. The van der Waals surface area contributed by atoms with Crippen molar-refractivity contribution in [1.29, 1.82) is 0 Å². The van der Waals surface area contributed by atoms with Gasteiger partial charge in [-0.3, -0.25) is 0 Å². The predicted octanol–water partition coefficient (Wildman–Crippen LogP) is -2.75. The van der Waals surface area contributed by atoms with Crippen LogP contribution in [0.1, 0.15) is 34.5 Å². The van der Waals surface area contributed by atoms with Gasteiger partial charge in [0.05, 0.1) is 23.8 Å². The number of carboxylic acids is 1. The molecule has 0 amide bonds. The molecule has 5 nitrogen and oxygen atoms in total. The third kappa shape index (κ3) is 3.21. The number of aromatic nitrogens is 2. The number of rotatable bonds is 4. The van der Waals surface area contributed by atoms with Gasteiger partial charge in [0.1, 0.15) is 0 Å². The Kier molecular flexibility index (Phi) is 4.55. The number of hydrogen-bond donors (Lipinski definition) is 0. The van der Waals surface area contributed by atoms with Crippen molar-refractivity contribution in [3.8, 4) is 5.88 Å². The van der Waals surface area contributed by atoms with E-state index in [2.05, 4.69) is 10.2 Å². The van der Waals surface area contributed by atoms with Crippen LogP contribution in [0, 0.1) is 19.8 Å². The van der Waals surface area contributed by atoms with Gasteiger partial charge in [-0.05, 0) is 38.2 Å². The fraction of sp³-hybridized carbons (Fsp3) is 0.545. The molecule has 0 N–H and O–H groups in total. The van der Waals surface area contributed by atoms with E-state index >= 15 is 0 Å². The standard InChI is InChI=1S/C11H14N2O3.Li/c1-6-7(2)12-13-10(9(6)11(14)15)16-5-8-3-4-8;/h8H,3-5H2,1-2H3,(H,14,15);/q;+1/p-1. The van der Waals surface area contributed by atoms with E-state index < -0.39 is 5.97 Å². The largest absolute Gasteiger partial charge is 1.00 e. The Morgan fingerprint density at radius 3 is 2.59 bits per heavy atom. The molecule has 1 aromatic heterocycles. The van der Waals surface area contributed by atoms with Gasteiger partial charge in [0, 0.05) is 0 Å². The van der Waals surface area contributed by atoms with Crippen LogP contribution >= 0.6 is 0 Å². The maximum Gasteiger partial charge on any atom is 1.00 e. The SMILES string of the molecule is Cc1nnc(OCC2CC2)c(C(=O)[O-])c1C.[Li+]. The number of carbonyl (C=O) groups excluding carboxylic acids is 1. The molecule has 1 heterocycles. The number of carboxylic acid groups (broad SMARTS) is 1. The summed E-state index contributed by atoms with van der Waals surface area (Å²) in [7, 11) is 0. The molecule has 0 aliphatic heterocycles. The molecule has 1 saturated carbocycles. The third-order valence-corrected chi connectivity index (χ3v) is 2.78. The van der Waals surface area contributed by atoms with Crippen molar-refractivity contribution in [2.75, 3.05) is 6.61 Å². The molecule has 0 atom stereocenters. The van der Waals surface area contributed by atoms with Gasteiger partial charge in [0.2, 0.25) is 5.88 Å². The van der Waals surface area contributed by atoms with E-state index in [4.69, 9.17) is 4.74 Å². The molecule has 1 fully saturated rings. The molecule has 0 spiro atoms. The van der Waals surface area contributed by atoms with Gasteiger partial charge >= 0.3 is 18.9 Å². The molecule has 0 unspecified atom stereocenters. The van der Waals surface area contributed by atoms with Crippen molar-refractivity contribution < 1.29 is 33.5 Å². The summed E-state index contributed by atoms with van der Waals surface area (Å²) in [6, 6.07) is 0. The van der Waals surface area contributed by atoms with Crippen LogP contribution in [0.15, 0.2) is 0 Å². The number of carbonyl (C=O) groups is 1. The molecule has 0 bridgehead atoms. The molecule has 0 radical (unpaired) electrons. The first-order valence-electron chi connectivity index (χ1n) is 5.27. The van der Waals surface area contributed by atoms with Crippen LogP contribution in [0.25, 0.3) is 0 Å². The smallest absolute Gasteiger partial charge is 0.545 e. The summed E-state index contributed by atoms with van der Waals surface area (Å²) in [5.74, 6) is -0.644. The zero-order valence-electron chi connectivity index (χ0n) is 10.3. The fourth-order valence-corrected chi connectivity index (χ4v) is 1.41. The summed E-state index contributed by atoms with van der Waals surface area (Å²) in [4.78, 5) is 11.0. The average Bonchev–Trinajstić information content (AvgIpc) is 3.03. The molecule has 17 heavy (non-hydrogen) atoms.